The molecule has 0 saturated heterocycles. The van der Waals surface area contributed by atoms with Crippen LogP contribution >= 0.6 is 11.8 Å². The van der Waals surface area contributed by atoms with Crippen molar-refractivity contribution in [2.24, 2.45) is 0 Å². The van der Waals surface area contributed by atoms with Crippen LogP contribution in [0.1, 0.15) is 23.7 Å². The van der Waals surface area contributed by atoms with E-state index in [0.717, 1.165) is 28.9 Å². The zero-order chi connectivity index (χ0) is 13.1. The molecule has 19 heavy (non-hydrogen) atoms. The first kappa shape index (κ1) is 12.5. The fourth-order valence-corrected chi connectivity index (χ4v) is 3.45. The van der Waals surface area contributed by atoms with E-state index in [1.165, 1.54) is 4.90 Å². The van der Waals surface area contributed by atoms with Crippen LogP contribution < -0.4 is 0 Å². The highest BCUT2D eigenvalue weighted by Gasteiger charge is 2.20. The third-order valence-electron chi connectivity index (χ3n) is 3.36. The first-order valence-corrected chi connectivity index (χ1v) is 7.48. The van der Waals surface area contributed by atoms with Gasteiger partial charge in [0.1, 0.15) is 6.10 Å². The largest absolute Gasteiger partial charge is 0.384 e. The van der Waals surface area contributed by atoms with Gasteiger partial charge >= 0.3 is 0 Å². The van der Waals surface area contributed by atoms with E-state index < -0.39 is 6.10 Å². The number of rotatable bonds is 1. The molecule has 1 aliphatic rings. The second-order valence-electron chi connectivity index (χ2n) is 4.67. The minimum absolute atomic E-state index is 0.480. The van der Waals surface area contributed by atoms with Gasteiger partial charge in [0.25, 0.3) is 0 Å². The zero-order valence-electron chi connectivity index (χ0n) is 10.6. The van der Waals surface area contributed by atoms with Crippen LogP contribution in [0.5, 0.6) is 0 Å². The van der Waals surface area contributed by atoms with Crippen molar-refractivity contribution in [3.63, 3.8) is 0 Å². The van der Waals surface area contributed by atoms with Crippen LogP contribution in [0.4, 0.5) is 0 Å². The van der Waals surface area contributed by atoms with Crippen LogP contribution in [0.3, 0.4) is 0 Å². The summed E-state index contributed by atoms with van der Waals surface area (Å²) in [6.45, 7) is 0. The minimum atomic E-state index is -0.480. The predicted octanol–water partition coefficient (Wildman–Crippen LogP) is 4.30. The van der Waals surface area contributed by atoms with Gasteiger partial charge in [-0.15, -0.1) is 11.8 Å². The molecule has 1 aliphatic heterocycles. The van der Waals surface area contributed by atoms with Gasteiger partial charge in [-0.25, -0.2) is 0 Å². The normalized spacial score (nSPS) is 20.9. The average molecular weight is 268 g/mol. The summed E-state index contributed by atoms with van der Waals surface area (Å²) in [4.78, 5) is 1.20. The molecular formula is C17H16OS. The van der Waals surface area contributed by atoms with Gasteiger partial charge in [0.2, 0.25) is 0 Å². The lowest BCUT2D eigenvalue weighted by Gasteiger charge is -2.14. The van der Waals surface area contributed by atoms with Gasteiger partial charge in [-0.05, 0) is 29.2 Å². The Morgan fingerprint density at radius 3 is 2.58 bits per heavy atom. The molecule has 3 rings (SSSR count). The maximum atomic E-state index is 10.6. The Morgan fingerprint density at radius 1 is 1.00 bits per heavy atom. The molecule has 0 saturated carbocycles. The lowest BCUT2D eigenvalue weighted by Crippen LogP contribution is -2.01. The van der Waals surface area contributed by atoms with Gasteiger partial charge < -0.3 is 5.11 Å². The van der Waals surface area contributed by atoms with Crippen molar-refractivity contribution >= 4 is 17.8 Å². The van der Waals surface area contributed by atoms with Crippen molar-refractivity contribution in [1.29, 1.82) is 0 Å². The molecule has 0 aromatic heterocycles. The topological polar surface area (TPSA) is 20.2 Å². The molecule has 96 valence electrons. The average Bonchev–Trinajstić information content (AvgIpc) is 2.61. The second-order valence-corrected chi connectivity index (χ2v) is 5.81. The van der Waals surface area contributed by atoms with E-state index in [1.807, 2.05) is 48.2 Å². The molecular weight excluding hydrogens is 252 g/mol. The van der Waals surface area contributed by atoms with Crippen molar-refractivity contribution < 1.29 is 5.11 Å². The van der Waals surface area contributed by atoms with Gasteiger partial charge in [0.05, 0.1) is 0 Å². The van der Waals surface area contributed by atoms with Crippen molar-refractivity contribution in [1.82, 2.24) is 0 Å². The fourth-order valence-electron chi connectivity index (χ4n) is 2.37. The molecule has 1 heterocycles. The number of fused-ring (bicyclic) bond motifs is 1. The van der Waals surface area contributed by atoms with Crippen molar-refractivity contribution in [2.75, 3.05) is 5.75 Å². The van der Waals surface area contributed by atoms with E-state index in [0.29, 0.717) is 0 Å². The van der Waals surface area contributed by atoms with E-state index in [9.17, 15) is 5.11 Å². The summed E-state index contributed by atoms with van der Waals surface area (Å²) in [6.07, 6.45) is 2.56. The Morgan fingerprint density at radius 2 is 1.74 bits per heavy atom. The molecule has 2 heteroatoms. The SMILES string of the molecule is OC1/C(=C/c2ccccc2)CCSc2ccccc21. The molecule has 1 atom stereocenters. The van der Waals surface area contributed by atoms with Crippen LogP contribution in [-0.4, -0.2) is 10.9 Å². The molecule has 2 aromatic carbocycles. The number of hydrogen-bond donors (Lipinski definition) is 1. The number of aliphatic hydroxyl groups excluding tert-OH is 1. The lowest BCUT2D eigenvalue weighted by atomic mass is 9.97. The highest BCUT2D eigenvalue weighted by molar-refractivity contribution is 7.99. The monoisotopic (exact) mass is 268 g/mol. The Kier molecular flexibility index (Phi) is 3.72. The fraction of sp³-hybridized carbons (Fsp3) is 0.176. The number of thioether (sulfide) groups is 1. The smallest absolute Gasteiger partial charge is 0.101 e. The summed E-state index contributed by atoms with van der Waals surface area (Å²) < 4.78 is 0. The quantitative estimate of drug-likeness (QED) is 0.832. The number of benzene rings is 2. The van der Waals surface area contributed by atoms with Gasteiger partial charge in [0.15, 0.2) is 0 Å². The summed E-state index contributed by atoms with van der Waals surface area (Å²) in [5.41, 5.74) is 3.29. The third-order valence-corrected chi connectivity index (χ3v) is 4.46. The standard InChI is InChI=1S/C17H16OS/c18-17-14(12-13-6-2-1-3-7-13)10-11-19-16-9-5-4-8-15(16)17/h1-9,12,17-18H,10-11H2/b14-12+. The number of hydrogen-bond acceptors (Lipinski definition) is 2. The van der Waals surface area contributed by atoms with Crippen LogP contribution in [0, 0.1) is 0 Å². The molecule has 0 fully saturated rings. The van der Waals surface area contributed by atoms with Crippen LogP contribution in [0.25, 0.3) is 6.08 Å². The maximum Gasteiger partial charge on any atom is 0.101 e. The predicted molar refractivity (Wildman–Crippen MR) is 81.2 cm³/mol. The van der Waals surface area contributed by atoms with Gasteiger partial charge in [-0.2, -0.15) is 0 Å². The van der Waals surface area contributed by atoms with E-state index >= 15 is 0 Å². The van der Waals surface area contributed by atoms with Crippen LogP contribution in [0.2, 0.25) is 0 Å². The zero-order valence-corrected chi connectivity index (χ0v) is 11.4. The molecule has 1 nitrogen and oxygen atoms in total. The van der Waals surface area contributed by atoms with Gasteiger partial charge in [0, 0.05) is 10.6 Å². The van der Waals surface area contributed by atoms with E-state index in [-0.39, 0.29) is 0 Å². The first-order chi connectivity index (χ1) is 9.34. The highest BCUT2D eigenvalue weighted by atomic mass is 32.2. The summed E-state index contributed by atoms with van der Waals surface area (Å²) in [7, 11) is 0. The molecule has 0 bridgehead atoms. The summed E-state index contributed by atoms with van der Waals surface area (Å²) in [6, 6.07) is 18.4. The van der Waals surface area contributed by atoms with Crippen LogP contribution in [0.15, 0.2) is 65.1 Å². The summed E-state index contributed by atoms with van der Waals surface area (Å²) >= 11 is 1.83. The first-order valence-electron chi connectivity index (χ1n) is 6.50. The Bertz CT molecular complexity index is 589. The molecule has 0 amide bonds. The highest BCUT2D eigenvalue weighted by Crippen LogP contribution is 2.38. The molecule has 0 aliphatic carbocycles. The minimum Gasteiger partial charge on any atom is -0.384 e. The Labute approximate surface area is 118 Å². The van der Waals surface area contributed by atoms with E-state index in [4.69, 9.17) is 0 Å². The molecule has 0 spiro atoms. The second kappa shape index (κ2) is 5.64. The molecule has 1 unspecified atom stereocenters. The Balaban J connectivity index is 1.98. The Hall–Kier alpha value is -1.51. The van der Waals surface area contributed by atoms with E-state index in [2.05, 4.69) is 24.3 Å². The third kappa shape index (κ3) is 2.75. The van der Waals surface area contributed by atoms with Crippen LogP contribution in [-0.2, 0) is 0 Å². The van der Waals surface area contributed by atoms with Gasteiger partial charge in [-0.3, -0.25) is 0 Å². The summed E-state index contributed by atoms with van der Waals surface area (Å²) in [5.74, 6) is 1.02. The van der Waals surface area contributed by atoms with Crippen molar-refractivity contribution in [2.45, 2.75) is 17.4 Å². The van der Waals surface area contributed by atoms with Crippen molar-refractivity contribution in [3.05, 3.63) is 71.3 Å². The maximum absolute atomic E-state index is 10.6. The van der Waals surface area contributed by atoms with E-state index in [1.54, 1.807) is 0 Å². The van der Waals surface area contributed by atoms with Gasteiger partial charge in [-0.1, -0.05) is 54.6 Å². The van der Waals surface area contributed by atoms with Crippen molar-refractivity contribution in [3.8, 4) is 0 Å². The number of aliphatic hydroxyl groups is 1. The lowest BCUT2D eigenvalue weighted by molar-refractivity contribution is 0.211. The molecule has 2 aromatic rings. The summed E-state index contributed by atoms with van der Waals surface area (Å²) in [5, 5.41) is 10.6. The molecule has 0 radical (unpaired) electrons. The molecule has 1 N–H and O–H groups in total.